The molecule has 2 aliphatic rings. The van der Waals surface area contributed by atoms with Crippen LogP contribution in [-0.4, -0.2) is 52.6 Å². The smallest absolute Gasteiger partial charge is 0.272 e. The molecular weight excluding hydrogens is 393 g/mol. The zero-order chi connectivity index (χ0) is 21.4. The number of hydrogen-bond donors (Lipinski definition) is 2. The van der Waals surface area contributed by atoms with E-state index in [0.717, 1.165) is 17.2 Å². The number of halogens is 1. The predicted octanol–water partition coefficient (Wildman–Crippen LogP) is 0.711. The van der Waals surface area contributed by atoms with Crippen LogP contribution in [0.5, 0.6) is 0 Å². The van der Waals surface area contributed by atoms with E-state index in [1.54, 1.807) is 29.2 Å². The number of anilines is 2. The normalized spacial score (nSPS) is 16.6. The lowest BCUT2D eigenvalue weighted by atomic mass is 10.1. The van der Waals surface area contributed by atoms with Gasteiger partial charge in [0.15, 0.2) is 5.69 Å². The maximum atomic E-state index is 13.0. The Balaban J connectivity index is 1.33. The van der Waals surface area contributed by atoms with Gasteiger partial charge in [-0.15, -0.1) is 0 Å². The highest BCUT2D eigenvalue weighted by molar-refractivity contribution is 6.19. The van der Waals surface area contributed by atoms with Gasteiger partial charge in [0.1, 0.15) is 5.82 Å². The molecule has 2 fully saturated rings. The van der Waals surface area contributed by atoms with E-state index in [9.17, 15) is 23.6 Å². The summed E-state index contributed by atoms with van der Waals surface area (Å²) in [5.74, 6) is -1.90. The van der Waals surface area contributed by atoms with Gasteiger partial charge in [0.25, 0.3) is 11.8 Å². The number of likely N-dealkylation sites (tertiary alicyclic amines) is 1. The Labute approximate surface area is 170 Å². The molecule has 0 spiro atoms. The van der Waals surface area contributed by atoms with Crippen LogP contribution in [0.2, 0.25) is 0 Å². The molecular formula is C20H18FN5O4. The fourth-order valence-corrected chi connectivity index (χ4v) is 3.43. The summed E-state index contributed by atoms with van der Waals surface area (Å²) in [5, 5.41) is 2.71. The topological polar surface area (TPSA) is 126 Å². The van der Waals surface area contributed by atoms with Gasteiger partial charge in [-0.2, -0.15) is 0 Å². The second kappa shape index (κ2) is 7.54. The quantitative estimate of drug-likeness (QED) is 0.714. The lowest BCUT2D eigenvalue weighted by Gasteiger charge is -2.39. The third kappa shape index (κ3) is 3.59. The molecule has 0 atom stereocenters. The minimum absolute atomic E-state index is 0.0604. The van der Waals surface area contributed by atoms with Gasteiger partial charge in [-0.3, -0.25) is 24.1 Å². The first-order valence-corrected chi connectivity index (χ1v) is 9.30. The Kier molecular flexibility index (Phi) is 4.90. The summed E-state index contributed by atoms with van der Waals surface area (Å²) in [4.78, 5) is 54.7. The lowest BCUT2D eigenvalue weighted by molar-refractivity contribution is -0.121. The first-order valence-electron chi connectivity index (χ1n) is 9.30. The standard InChI is InChI=1S/C20H18FN5O4/c21-12-7-15(22)18(23-8-12)19(29)24-13-9-25(10-13)20(30)11-1-3-14(4-2-11)26-16(27)5-6-17(26)28/h1-4,7-8,13H,5-6,9-10,22H2,(H,24,29). The van der Waals surface area contributed by atoms with Crippen LogP contribution >= 0.6 is 0 Å². The number of nitrogens with one attached hydrogen (secondary N) is 1. The maximum absolute atomic E-state index is 13.0. The lowest BCUT2D eigenvalue weighted by Crippen LogP contribution is -2.61. The summed E-state index contributed by atoms with van der Waals surface area (Å²) in [5.41, 5.74) is 6.33. The minimum atomic E-state index is -0.631. The van der Waals surface area contributed by atoms with Crippen molar-refractivity contribution in [3.8, 4) is 0 Å². The van der Waals surface area contributed by atoms with Gasteiger partial charge in [-0.05, 0) is 24.3 Å². The van der Waals surface area contributed by atoms with Crippen LogP contribution in [0.15, 0.2) is 36.5 Å². The predicted molar refractivity (Wildman–Crippen MR) is 104 cm³/mol. The fourth-order valence-electron chi connectivity index (χ4n) is 3.43. The molecule has 0 aliphatic carbocycles. The summed E-state index contributed by atoms with van der Waals surface area (Å²) in [6.07, 6.45) is 1.30. The molecule has 3 heterocycles. The minimum Gasteiger partial charge on any atom is -0.397 e. The molecule has 3 N–H and O–H groups in total. The van der Waals surface area contributed by atoms with E-state index in [4.69, 9.17) is 5.73 Å². The molecule has 2 aliphatic heterocycles. The van der Waals surface area contributed by atoms with Crippen molar-refractivity contribution >= 4 is 35.0 Å². The second-order valence-corrected chi connectivity index (χ2v) is 7.14. The maximum Gasteiger partial charge on any atom is 0.272 e. The number of hydrogen-bond acceptors (Lipinski definition) is 6. The van der Waals surface area contributed by atoms with Crippen molar-refractivity contribution in [1.82, 2.24) is 15.2 Å². The highest BCUT2D eigenvalue weighted by Gasteiger charge is 2.34. The van der Waals surface area contributed by atoms with Crippen LogP contribution < -0.4 is 16.0 Å². The number of aromatic nitrogens is 1. The Bertz CT molecular complexity index is 1030. The van der Waals surface area contributed by atoms with Crippen molar-refractivity contribution in [1.29, 1.82) is 0 Å². The molecule has 10 heteroatoms. The average molecular weight is 411 g/mol. The molecule has 0 saturated carbocycles. The van der Waals surface area contributed by atoms with Crippen LogP contribution in [0.25, 0.3) is 0 Å². The van der Waals surface area contributed by atoms with Crippen molar-refractivity contribution in [2.45, 2.75) is 18.9 Å². The number of nitrogens with zero attached hydrogens (tertiary/aromatic N) is 3. The van der Waals surface area contributed by atoms with Crippen molar-refractivity contribution < 1.29 is 23.6 Å². The van der Waals surface area contributed by atoms with E-state index in [1.807, 2.05) is 0 Å². The summed E-state index contributed by atoms with van der Waals surface area (Å²) in [6.45, 7) is 0.604. The number of nitrogen functional groups attached to an aromatic ring is 1. The first kappa shape index (κ1) is 19.5. The molecule has 2 aromatic rings. The number of rotatable bonds is 4. The molecule has 0 radical (unpaired) electrons. The van der Waals surface area contributed by atoms with E-state index in [2.05, 4.69) is 10.3 Å². The highest BCUT2D eigenvalue weighted by Crippen LogP contribution is 2.24. The Morgan fingerprint density at radius 3 is 2.33 bits per heavy atom. The van der Waals surface area contributed by atoms with E-state index in [-0.39, 0.29) is 48.0 Å². The van der Waals surface area contributed by atoms with Gasteiger partial charge in [0, 0.05) is 37.6 Å². The number of carbonyl (C=O) groups excluding carboxylic acids is 4. The fraction of sp³-hybridized carbons (Fsp3) is 0.250. The van der Waals surface area contributed by atoms with Gasteiger partial charge >= 0.3 is 0 Å². The third-order valence-electron chi connectivity index (χ3n) is 5.03. The third-order valence-corrected chi connectivity index (χ3v) is 5.03. The Morgan fingerprint density at radius 2 is 1.73 bits per heavy atom. The molecule has 4 rings (SSSR count). The summed E-state index contributed by atoms with van der Waals surface area (Å²) < 4.78 is 13.0. The summed E-state index contributed by atoms with van der Waals surface area (Å²) in [6, 6.07) is 7.00. The zero-order valence-electron chi connectivity index (χ0n) is 15.8. The molecule has 30 heavy (non-hydrogen) atoms. The second-order valence-electron chi connectivity index (χ2n) is 7.14. The SMILES string of the molecule is Nc1cc(F)cnc1C(=O)NC1CN(C(=O)c2ccc(N3C(=O)CCC3=O)cc2)C1. The van der Waals surface area contributed by atoms with Crippen molar-refractivity contribution in [2.24, 2.45) is 0 Å². The van der Waals surface area contributed by atoms with Crippen LogP contribution in [0.4, 0.5) is 15.8 Å². The van der Waals surface area contributed by atoms with Gasteiger partial charge in [0.2, 0.25) is 11.8 Å². The number of nitrogens with two attached hydrogens (primary N) is 1. The first-order chi connectivity index (χ1) is 14.3. The molecule has 9 nitrogen and oxygen atoms in total. The Hall–Kier alpha value is -3.82. The van der Waals surface area contributed by atoms with Gasteiger partial charge in [-0.1, -0.05) is 0 Å². The summed E-state index contributed by atoms with van der Waals surface area (Å²) >= 11 is 0. The van der Waals surface area contributed by atoms with Crippen LogP contribution in [0.1, 0.15) is 33.7 Å². The molecule has 154 valence electrons. The highest BCUT2D eigenvalue weighted by atomic mass is 19.1. The van der Waals surface area contributed by atoms with Gasteiger partial charge in [0.05, 0.1) is 23.6 Å². The van der Waals surface area contributed by atoms with Crippen LogP contribution in [-0.2, 0) is 9.59 Å². The van der Waals surface area contributed by atoms with Crippen molar-refractivity contribution in [2.75, 3.05) is 23.7 Å². The van der Waals surface area contributed by atoms with Crippen LogP contribution in [0.3, 0.4) is 0 Å². The van der Waals surface area contributed by atoms with Crippen molar-refractivity contribution in [3.05, 3.63) is 53.6 Å². The summed E-state index contributed by atoms with van der Waals surface area (Å²) in [7, 11) is 0. The van der Waals surface area contributed by atoms with Gasteiger partial charge in [-0.25, -0.2) is 9.37 Å². The Morgan fingerprint density at radius 1 is 1.10 bits per heavy atom. The number of amides is 4. The molecule has 0 unspecified atom stereocenters. The average Bonchev–Trinajstić information content (AvgIpc) is 3.02. The zero-order valence-corrected chi connectivity index (χ0v) is 15.8. The van der Waals surface area contributed by atoms with E-state index < -0.39 is 11.7 Å². The van der Waals surface area contributed by atoms with E-state index in [0.29, 0.717) is 24.3 Å². The molecule has 2 saturated heterocycles. The largest absolute Gasteiger partial charge is 0.397 e. The monoisotopic (exact) mass is 411 g/mol. The molecule has 1 aromatic heterocycles. The van der Waals surface area contributed by atoms with Gasteiger partial charge < -0.3 is 16.0 Å². The molecule has 4 amide bonds. The number of pyridine rings is 1. The molecule has 1 aromatic carbocycles. The number of imide groups is 1. The number of carbonyl (C=O) groups is 4. The van der Waals surface area contributed by atoms with E-state index >= 15 is 0 Å². The molecule has 0 bridgehead atoms. The van der Waals surface area contributed by atoms with Crippen molar-refractivity contribution in [3.63, 3.8) is 0 Å². The van der Waals surface area contributed by atoms with E-state index in [1.165, 1.54) is 0 Å². The number of benzene rings is 1. The van der Waals surface area contributed by atoms with Crippen LogP contribution in [0, 0.1) is 5.82 Å².